The second-order valence-electron chi connectivity index (χ2n) is 2.73. The number of carbonyl (C=O) groups excluding carboxylic acids is 1. The van der Waals surface area contributed by atoms with Crippen molar-refractivity contribution in [2.45, 2.75) is 13.8 Å². The van der Waals surface area contributed by atoms with Gasteiger partial charge in [-0.2, -0.15) is 0 Å². The summed E-state index contributed by atoms with van der Waals surface area (Å²) >= 11 is 3.12. The van der Waals surface area contributed by atoms with Crippen molar-refractivity contribution in [3.8, 4) is 0 Å². The number of ether oxygens (including phenoxy) is 1. The average Bonchev–Trinajstić information content (AvgIpc) is 1.98. The van der Waals surface area contributed by atoms with Crippen molar-refractivity contribution in [3.63, 3.8) is 0 Å². The highest BCUT2D eigenvalue weighted by molar-refractivity contribution is 9.09. The van der Waals surface area contributed by atoms with E-state index in [1.54, 1.807) is 0 Å². The fourth-order valence-electron chi connectivity index (χ4n) is 0.399. The van der Waals surface area contributed by atoms with Gasteiger partial charge in [0, 0.05) is 10.9 Å². The van der Waals surface area contributed by atoms with Gasteiger partial charge in [0.25, 0.3) is 0 Å². The zero-order chi connectivity index (χ0) is 8.85. The number of alkyl halides is 1. The van der Waals surface area contributed by atoms with Crippen LogP contribution in [0.25, 0.3) is 0 Å². The highest BCUT2D eigenvalue weighted by Gasteiger charge is 2.06. The van der Waals surface area contributed by atoms with Crippen LogP contribution in [0.2, 0.25) is 0 Å². The van der Waals surface area contributed by atoms with E-state index >= 15 is 0 Å². The zero-order valence-corrected chi connectivity index (χ0v) is 8.48. The predicted octanol–water partition coefficient (Wildman–Crippen LogP) is 2.14. The summed E-state index contributed by atoms with van der Waals surface area (Å²) in [6, 6.07) is 0. The first kappa shape index (κ1) is 10.7. The van der Waals surface area contributed by atoms with E-state index in [4.69, 9.17) is 4.74 Å². The number of hydrogen-bond acceptors (Lipinski definition) is 2. The van der Waals surface area contributed by atoms with Crippen LogP contribution in [-0.2, 0) is 9.53 Å². The monoisotopic (exact) mass is 220 g/mol. The van der Waals surface area contributed by atoms with Crippen molar-refractivity contribution in [2.75, 3.05) is 11.9 Å². The quantitative estimate of drug-likeness (QED) is 0.413. The third kappa shape index (κ3) is 5.01. The molecule has 0 spiro atoms. The molecule has 64 valence electrons. The molecule has 0 amide bonds. The first-order chi connectivity index (χ1) is 5.07. The Labute approximate surface area is 75.7 Å². The van der Waals surface area contributed by atoms with Gasteiger partial charge in [0.2, 0.25) is 0 Å². The van der Waals surface area contributed by atoms with E-state index in [0.29, 0.717) is 23.4 Å². The highest BCUT2D eigenvalue weighted by Crippen LogP contribution is 2.01. The van der Waals surface area contributed by atoms with E-state index in [0.717, 1.165) is 0 Å². The van der Waals surface area contributed by atoms with E-state index in [1.807, 2.05) is 13.8 Å². The first-order valence-electron chi connectivity index (χ1n) is 3.48. The second kappa shape index (κ2) is 5.35. The van der Waals surface area contributed by atoms with Gasteiger partial charge in [-0.1, -0.05) is 36.4 Å². The molecule has 0 radical (unpaired) electrons. The topological polar surface area (TPSA) is 26.3 Å². The maximum atomic E-state index is 10.9. The molecule has 0 aliphatic heterocycles. The van der Waals surface area contributed by atoms with Gasteiger partial charge < -0.3 is 4.74 Å². The third-order valence-corrected chi connectivity index (χ3v) is 1.67. The molecule has 0 aliphatic carbocycles. The minimum absolute atomic E-state index is 0.310. The summed E-state index contributed by atoms with van der Waals surface area (Å²) in [5, 5.41) is 0.476. The van der Waals surface area contributed by atoms with E-state index < -0.39 is 0 Å². The number of carbonyl (C=O) groups is 1. The lowest BCUT2D eigenvalue weighted by molar-refractivity contribution is -0.139. The van der Waals surface area contributed by atoms with Crippen LogP contribution < -0.4 is 0 Å². The molecular formula is C8H13BrO2. The molecule has 11 heavy (non-hydrogen) atoms. The lowest BCUT2D eigenvalue weighted by Gasteiger charge is -2.06. The molecule has 0 unspecified atom stereocenters. The zero-order valence-electron chi connectivity index (χ0n) is 6.89. The summed E-state index contributed by atoms with van der Waals surface area (Å²) in [4.78, 5) is 10.9. The van der Waals surface area contributed by atoms with E-state index in [9.17, 15) is 4.79 Å². The summed E-state index contributed by atoms with van der Waals surface area (Å²) < 4.78 is 4.89. The molecule has 0 fully saturated rings. The Bertz CT molecular complexity index is 152. The normalized spacial score (nSPS) is 9.82. The Morgan fingerprint density at radius 1 is 1.64 bits per heavy atom. The smallest absolute Gasteiger partial charge is 0.334 e. The Kier molecular flexibility index (Phi) is 5.20. The van der Waals surface area contributed by atoms with Gasteiger partial charge in [-0.3, -0.25) is 0 Å². The molecule has 0 aromatic carbocycles. The third-order valence-electron chi connectivity index (χ3n) is 0.998. The van der Waals surface area contributed by atoms with Gasteiger partial charge >= 0.3 is 5.97 Å². The summed E-state index contributed by atoms with van der Waals surface area (Å²) in [5.41, 5.74) is 0.464. The SMILES string of the molecule is C=C(CBr)C(=O)OCC(C)C. The fourth-order valence-corrected chi connectivity index (χ4v) is 0.628. The number of halogens is 1. The fraction of sp³-hybridized carbons (Fsp3) is 0.625. The summed E-state index contributed by atoms with van der Waals surface area (Å²) in [5.74, 6) is 0.0673. The van der Waals surface area contributed by atoms with Crippen molar-refractivity contribution in [1.29, 1.82) is 0 Å². The maximum absolute atomic E-state index is 10.9. The maximum Gasteiger partial charge on any atom is 0.334 e. The molecule has 0 saturated heterocycles. The van der Waals surface area contributed by atoms with Crippen LogP contribution >= 0.6 is 15.9 Å². The van der Waals surface area contributed by atoms with Crippen LogP contribution in [0.3, 0.4) is 0 Å². The van der Waals surface area contributed by atoms with Crippen LogP contribution in [0, 0.1) is 5.92 Å². The molecule has 0 saturated carbocycles. The van der Waals surface area contributed by atoms with Gasteiger partial charge in [0.1, 0.15) is 0 Å². The van der Waals surface area contributed by atoms with Crippen LogP contribution in [0.5, 0.6) is 0 Å². The molecule has 2 nitrogen and oxygen atoms in total. The minimum Gasteiger partial charge on any atom is -0.462 e. The van der Waals surface area contributed by atoms with Crippen LogP contribution in [0.15, 0.2) is 12.2 Å². The van der Waals surface area contributed by atoms with Crippen molar-refractivity contribution in [2.24, 2.45) is 5.92 Å². The summed E-state index contributed by atoms with van der Waals surface area (Å²) in [7, 11) is 0. The van der Waals surface area contributed by atoms with Crippen LogP contribution in [-0.4, -0.2) is 17.9 Å². The molecule has 0 aromatic heterocycles. The van der Waals surface area contributed by atoms with Gasteiger partial charge in [0.15, 0.2) is 0 Å². The van der Waals surface area contributed by atoms with Crippen LogP contribution in [0.4, 0.5) is 0 Å². The highest BCUT2D eigenvalue weighted by atomic mass is 79.9. The largest absolute Gasteiger partial charge is 0.462 e. The number of hydrogen-bond donors (Lipinski definition) is 0. The predicted molar refractivity (Wildman–Crippen MR) is 48.7 cm³/mol. The molecule has 0 aromatic rings. The summed E-state index contributed by atoms with van der Waals surface area (Å²) in [6.45, 7) is 7.97. The molecular weight excluding hydrogens is 208 g/mol. The molecule has 0 bridgehead atoms. The number of rotatable bonds is 4. The van der Waals surface area contributed by atoms with E-state index in [2.05, 4.69) is 22.5 Å². The van der Waals surface area contributed by atoms with Crippen molar-refractivity contribution >= 4 is 21.9 Å². The van der Waals surface area contributed by atoms with E-state index in [-0.39, 0.29) is 5.97 Å². The van der Waals surface area contributed by atoms with Gasteiger partial charge in [0.05, 0.1) is 6.61 Å². The average molecular weight is 221 g/mol. The molecule has 3 heteroatoms. The Hall–Kier alpha value is -0.310. The molecule has 0 N–H and O–H groups in total. The Balaban J connectivity index is 3.61. The van der Waals surface area contributed by atoms with Crippen molar-refractivity contribution in [3.05, 3.63) is 12.2 Å². The van der Waals surface area contributed by atoms with Gasteiger partial charge in [-0.15, -0.1) is 0 Å². The van der Waals surface area contributed by atoms with Crippen molar-refractivity contribution < 1.29 is 9.53 Å². The Morgan fingerprint density at radius 2 is 2.18 bits per heavy atom. The standard InChI is InChI=1S/C8H13BrO2/c1-6(2)5-11-8(10)7(3)4-9/h6H,3-5H2,1-2H3. The second-order valence-corrected chi connectivity index (χ2v) is 3.29. The first-order valence-corrected chi connectivity index (χ1v) is 4.61. The molecule has 0 atom stereocenters. The number of esters is 1. The summed E-state index contributed by atoms with van der Waals surface area (Å²) in [6.07, 6.45) is 0. The molecule has 0 aliphatic rings. The molecule has 0 rings (SSSR count). The van der Waals surface area contributed by atoms with E-state index in [1.165, 1.54) is 0 Å². The van der Waals surface area contributed by atoms with Crippen molar-refractivity contribution in [1.82, 2.24) is 0 Å². The molecule has 0 heterocycles. The van der Waals surface area contributed by atoms with Crippen LogP contribution in [0.1, 0.15) is 13.8 Å². The lowest BCUT2D eigenvalue weighted by atomic mass is 10.2. The van der Waals surface area contributed by atoms with Gasteiger partial charge in [-0.25, -0.2) is 4.79 Å². The minimum atomic E-state index is -0.310. The van der Waals surface area contributed by atoms with Gasteiger partial charge in [-0.05, 0) is 5.92 Å². The lowest BCUT2D eigenvalue weighted by Crippen LogP contribution is -2.12. The Morgan fingerprint density at radius 3 is 2.55 bits per heavy atom.